The standard InChI is InChI=1S/C23H24FN3O3/c1-16-20(22(28)26-10-12-30-13-11-26)21(18-8-5-9-19(24)14-18)25-23(29)27(16)15-17-6-3-2-4-7-17/h2-9,14,21H,10-13,15H2,1H3,(H,25,29)/t21-/m0/s1. The molecule has 1 fully saturated rings. The molecule has 0 radical (unpaired) electrons. The second-order valence-electron chi connectivity index (χ2n) is 7.41. The van der Waals surface area contributed by atoms with Crippen molar-refractivity contribution in [3.8, 4) is 0 Å². The molecule has 1 N–H and O–H groups in total. The minimum atomic E-state index is -0.712. The van der Waals surface area contributed by atoms with Crippen LogP contribution in [0.5, 0.6) is 0 Å². The highest BCUT2D eigenvalue weighted by molar-refractivity contribution is 5.98. The van der Waals surface area contributed by atoms with Gasteiger partial charge in [-0.2, -0.15) is 0 Å². The molecule has 1 saturated heterocycles. The normalized spacial score (nSPS) is 19.7. The molecule has 0 aliphatic carbocycles. The Morgan fingerprint density at radius 3 is 2.57 bits per heavy atom. The Balaban J connectivity index is 1.75. The van der Waals surface area contributed by atoms with Crippen LogP contribution in [0.4, 0.5) is 9.18 Å². The monoisotopic (exact) mass is 409 g/mol. The molecular weight excluding hydrogens is 385 g/mol. The first-order valence-electron chi connectivity index (χ1n) is 10.00. The maximum atomic E-state index is 13.9. The molecular formula is C23H24FN3O3. The molecule has 2 heterocycles. The molecule has 2 aromatic carbocycles. The lowest BCUT2D eigenvalue weighted by Crippen LogP contribution is -2.51. The highest BCUT2D eigenvalue weighted by atomic mass is 19.1. The van der Waals surface area contributed by atoms with E-state index in [1.165, 1.54) is 12.1 Å². The van der Waals surface area contributed by atoms with Gasteiger partial charge in [-0.1, -0.05) is 42.5 Å². The van der Waals surface area contributed by atoms with Crippen molar-refractivity contribution >= 4 is 11.9 Å². The molecule has 2 aromatic rings. The molecule has 0 unspecified atom stereocenters. The summed E-state index contributed by atoms with van der Waals surface area (Å²) < 4.78 is 19.3. The molecule has 7 heteroatoms. The molecule has 0 bridgehead atoms. The topological polar surface area (TPSA) is 61.9 Å². The number of amides is 3. The van der Waals surface area contributed by atoms with Crippen LogP contribution in [0.1, 0.15) is 24.1 Å². The van der Waals surface area contributed by atoms with Gasteiger partial charge in [0.2, 0.25) is 0 Å². The number of morpholine rings is 1. The zero-order chi connectivity index (χ0) is 21.1. The summed E-state index contributed by atoms with van der Waals surface area (Å²) >= 11 is 0. The van der Waals surface area contributed by atoms with Gasteiger partial charge in [-0.3, -0.25) is 9.69 Å². The first-order chi connectivity index (χ1) is 14.5. The lowest BCUT2D eigenvalue weighted by Gasteiger charge is -2.38. The zero-order valence-corrected chi connectivity index (χ0v) is 16.8. The number of halogens is 1. The summed E-state index contributed by atoms with van der Waals surface area (Å²) in [7, 11) is 0. The van der Waals surface area contributed by atoms with Gasteiger partial charge < -0.3 is 15.0 Å². The average molecular weight is 409 g/mol. The van der Waals surface area contributed by atoms with Crippen molar-refractivity contribution in [3.05, 3.63) is 82.8 Å². The van der Waals surface area contributed by atoms with Crippen LogP contribution < -0.4 is 5.32 Å². The van der Waals surface area contributed by atoms with Crippen LogP contribution in [0.15, 0.2) is 65.9 Å². The van der Waals surface area contributed by atoms with E-state index in [9.17, 15) is 14.0 Å². The second-order valence-corrected chi connectivity index (χ2v) is 7.41. The van der Waals surface area contributed by atoms with E-state index in [2.05, 4.69) is 5.32 Å². The highest BCUT2D eigenvalue weighted by Crippen LogP contribution is 2.33. The third kappa shape index (κ3) is 4.07. The Morgan fingerprint density at radius 1 is 1.13 bits per heavy atom. The summed E-state index contributed by atoms with van der Waals surface area (Å²) in [4.78, 5) is 29.7. The maximum Gasteiger partial charge on any atom is 0.322 e. The van der Waals surface area contributed by atoms with E-state index < -0.39 is 11.9 Å². The fourth-order valence-corrected chi connectivity index (χ4v) is 3.89. The quantitative estimate of drug-likeness (QED) is 0.844. The summed E-state index contributed by atoms with van der Waals surface area (Å²) in [6, 6.07) is 14.6. The molecule has 0 spiro atoms. The van der Waals surface area contributed by atoms with E-state index in [4.69, 9.17) is 4.74 Å². The highest BCUT2D eigenvalue weighted by Gasteiger charge is 2.37. The zero-order valence-electron chi connectivity index (χ0n) is 16.8. The molecule has 4 rings (SSSR count). The summed E-state index contributed by atoms with van der Waals surface area (Å²) in [6.07, 6.45) is 0. The van der Waals surface area contributed by atoms with Crippen molar-refractivity contribution in [2.45, 2.75) is 19.5 Å². The number of carbonyl (C=O) groups excluding carboxylic acids is 2. The largest absolute Gasteiger partial charge is 0.378 e. The molecule has 30 heavy (non-hydrogen) atoms. The third-order valence-corrected chi connectivity index (χ3v) is 5.49. The molecule has 3 amide bonds. The predicted molar refractivity (Wildman–Crippen MR) is 110 cm³/mol. The average Bonchev–Trinajstić information content (AvgIpc) is 2.77. The first kappa shape index (κ1) is 20.1. The van der Waals surface area contributed by atoms with E-state index in [1.807, 2.05) is 30.3 Å². The van der Waals surface area contributed by atoms with Crippen LogP contribution in [0.3, 0.4) is 0 Å². The van der Waals surface area contributed by atoms with Gasteiger partial charge in [-0.15, -0.1) is 0 Å². The van der Waals surface area contributed by atoms with Crippen molar-refractivity contribution in [1.29, 1.82) is 0 Å². The molecule has 6 nitrogen and oxygen atoms in total. The van der Waals surface area contributed by atoms with E-state index in [-0.39, 0.29) is 11.9 Å². The van der Waals surface area contributed by atoms with E-state index in [0.717, 1.165) is 5.56 Å². The van der Waals surface area contributed by atoms with Crippen molar-refractivity contribution in [3.63, 3.8) is 0 Å². The minimum absolute atomic E-state index is 0.164. The fourth-order valence-electron chi connectivity index (χ4n) is 3.89. The number of carbonyl (C=O) groups is 2. The summed E-state index contributed by atoms with van der Waals surface area (Å²) in [5.41, 5.74) is 2.53. The number of benzene rings is 2. The number of hydrogen-bond donors (Lipinski definition) is 1. The molecule has 156 valence electrons. The van der Waals surface area contributed by atoms with Crippen molar-refractivity contribution in [2.24, 2.45) is 0 Å². The molecule has 2 aliphatic heterocycles. The van der Waals surface area contributed by atoms with Gasteiger partial charge in [0, 0.05) is 18.8 Å². The predicted octanol–water partition coefficient (Wildman–Crippen LogP) is 3.23. The van der Waals surface area contributed by atoms with Gasteiger partial charge in [-0.05, 0) is 30.2 Å². The van der Waals surface area contributed by atoms with E-state index in [1.54, 1.807) is 28.9 Å². The van der Waals surface area contributed by atoms with Gasteiger partial charge in [0.15, 0.2) is 0 Å². The van der Waals surface area contributed by atoms with Crippen LogP contribution in [-0.4, -0.2) is 48.0 Å². The number of rotatable bonds is 4. The van der Waals surface area contributed by atoms with Gasteiger partial charge in [0.1, 0.15) is 5.82 Å². The molecule has 2 aliphatic rings. The number of nitrogens with one attached hydrogen (secondary N) is 1. The lowest BCUT2D eigenvalue weighted by molar-refractivity contribution is -0.131. The van der Waals surface area contributed by atoms with Gasteiger partial charge in [-0.25, -0.2) is 9.18 Å². The third-order valence-electron chi connectivity index (χ3n) is 5.49. The second kappa shape index (κ2) is 8.67. The molecule has 0 aromatic heterocycles. The SMILES string of the molecule is CC1=C(C(=O)N2CCOCC2)[C@H](c2cccc(F)c2)NC(=O)N1Cc1ccccc1. The Morgan fingerprint density at radius 2 is 1.87 bits per heavy atom. The van der Waals surface area contributed by atoms with Gasteiger partial charge in [0.25, 0.3) is 5.91 Å². The number of allylic oxidation sites excluding steroid dienone is 1. The van der Waals surface area contributed by atoms with Crippen molar-refractivity contribution in [1.82, 2.24) is 15.1 Å². The Labute approximate surface area is 174 Å². The lowest BCUT2D eigenvalue weighted by atomic mass is 9.93. The van der Waals surface area contributed by atoms with Crippen LogP contribution in [0.2, 0.25) is 0 Å². The number of hydrogen-bond acceptors (Lipinski definition) is 3. The van der Waals surface area contributed by atoms with Crippen molar-refractivity contribution in [2.75, 3.05) is 26.3 Å². The Hall–Kier alpha value is -3.19. The minimum Gasteiger partial charge on any atom is -0.378 e. The van der Waals surface area contributed by atoms with Gasteiger partial charge in [0.05, 0.1) is 31.4 Å². The Kier molecular flexibility index (Phi) is 5.81. The summed E-state index contributed by atoms with van der Waals surface area (Å²) in [5, 5.41) is 2.91. The van der Waals surface area contributed by atoms with Crippen molar-refractivity contribution < 1.29 is 18.7 Å². The van der Waals surface area contributed by atoms with E-state index >= 15 is 0 Å². The van der Waals surface area contributed by atoms with E-state index in [0.29, 0.717) is 49.7 Å². The number of urea groups is 1. The van der Waals surface area contributed by atoms with Crippen LogP contribution in [0, 0.1) is 5.82 Å². The summed E-state index contributed by atoms with van der Waals surface area (Å²) in [5.74, 6) is -0.576. The molecule has 1 atom stereocenters. The number of nitrogens with zero attached hydrogens (tertiary/aromatic N) is 2. The first-order valence-corrected chi connectivity index (χ1v) is 10.00. The maximum absolute atomic E-state index is 13.9. The number of ether oxygens (including phenoxy) is 1. The summed E-state index contributed by atoms with van der Waals surface area (Å²) in [6.45, 7) is 4.04. The van der Waals surface area contributed by atoms with Crippen LogP contribution in [-0.2, 0) is 16.1 Å². The van der Waals surface area contributed by atoms with Gasteiger partial charge >= 0.3 is 6.03 Å². The molecule has 0 saturated carbocycles. The van der Waals surface area contributed by atoms with Crippen LogP contribution >= 0.6 is 0 Å². The fraction of sp³-hybridized carbons (Fsp3) is 0.304. The van der Waals surface area contributed by atoms with Crippen LogP contribution in [0.25, 0.3) is 0 Å². The Bertz CT molecular complexity index is 971. The smallest absolute Gasteiger partial charge is 0.322 e.